The summed E-state index contributed by atoms with van der Waals surface area (Å²) < 4.78 is 5.29. The molecule has 2 saturated heterocycles. The minimum absolute atomic E-state index is 0.0647. The van der Waals surface area contributed by atoms with Crippen LogP contribution in [0.2, 0.25) is 0 Å². The topological polar surface area (TPSA) is 91.7 Å². The van der Waals surface area contributed by atoms with Gasteiger partial charge in [-0.1, -0.05) is 0 Å². The van der Waals surface area contributed by atoms with E-state index in [0.29, 0.717) is 24.4 Å². The first-order valence-corrected chi connectivity index (χ1v) is 8.32. The average Bonchev–Trinajstić information content (AvgIpc) is 3.17. The van der Waals surface area contributed by atoms with E-state index in [1.165, 1.54) is 0 Å². The Balaban J connectivity index is 1.51. The van der Waals surface area contributed by atoms with E-state index in [1.807, 2.05) is 19.0 Å². The number of hydrogen-bond donors (Lipinski definition) is 1. The Hall–Kier alpha value is -1.67. The zero-order chi connectivity index (χ0) is 16.4. The Morgan fingerprint density at radius 2 is 2.04 bits per heavy atom. The SMILES string of the molecule is CN(C)c1noc(CN2CCC(N3CCCC3C(N)=O)CC2)n1. The van der Waals surface area contributed by atoms with Gasteiger partial charge in [-0.2, -0.15) is 4.98 Å². The van der Waals surface area contributed by atoms with E-state index >= 15 is 0 Å². The number of carbonyl (C=O) groups is 1. The highest BCUT2D eigenvalue weighted by molar-refractivity contribution is 5.80. The van der Waals surface area contributed by atoms with Gasteiger partial charge in [0.1, 0.15) is 0 Å². The normalized spacial score (nSPS) is 24.2. The number of rotatable bonds is 5. The predicted molar refractivity (Wildman–Crippen MR) is 85.8 cm³/mol. The molecule has 0 aliphatic carbocycles. The number of likely N-dealkylation sites (tertiary alicyclic amines) is 2. The molecule has 0 bridgehead atoms. The molecule has 3 rings (SSSR count). The molecule has 1 aromatic heterocycles. The molecule has 8 heteroatoms. The van der Waals surface area contributed by atoms with E-state index in [-0.39, 0.29) is 11.9 Å². The third-order valence-electron chi connectivity index (χ3n) is 4.86. The van der Waals surface area contributed by atoms with Crippen molar-refractivity contribution in [3.8, 4) is 0 Å². The second-order valence-electron chi connectivity index (χ2n) is 6.69. The van der Waals surface area contributed by atoms with Crippen LogP contribution in [0.3, 0.4) is 0 Å². The molecular formula is C15H26N6O2. The van der Waals surface area contributed by atoms with Crippen LogP contribution in [0.25, 0.3) is 0 Å². The van der Waals surface area contributed by atoms with Crippen molar-refractivity contribution in [2.45, 2.75) is 44.3 Å². The van der Waals surface area contributed by atoms with Gasteiger partial charge in [0.2, 0.25) is 11.8 Å². The molecule has 0 spiro atoms. The maximum Gasteiger partial charge on any atom is 0.265 e. The molecule has 2 N–H and O–H groups in total. The largest absolute Gasteiger partial charge is 0.368 e. The lowest BCUT2D eigenvalue weighted by molar-refractivity contribution is -0.123. The Labute approximate surface area is 136 Å². The van der Waals surface area contributed by atoms with E-state index in [9.17, 15) is 4.79 Å². The summed E-state index contributed by atoms with van der Waals surface area (Å²) in [5.41, 5.74) is 5.53. The van der Waals surface area contributed by atoms with Crippen molar-refractivity contribution in [1.82, 2.24) is 19.9 Å². The van der Waals surface area contributed by atoms with Gasteiger partial charge in [0, 0.05) is 33.2 Å². The van der Waals surface area contributed by atoms with Gasteiger partial charge in [0.25, 0.3) is 5.95 Å². The number of aromatic nitrogens is 2. The van der Waals surface area contributed by atoms with Crippen LogP contribution in [0, 0.1) is 0 Å². The molecule has 0 radical (unpaired) electrons. The van der Waals surface area contributed by atoms with Gasteiger partial charge in [-0.3, -0.25) is 14.6 Å². The average molecular weight is 322 g/mol. The second kappa shape index (κ2) is 6.84. The zero-order valence-electron chi connectivity index (χ0n) is 13.9. The van der Waals surface area contributed by atoms with Crippen LogP contribution in [-0.2, 0) is 11.3 Å². The fourth-order valence-electron chi connectivity index (χ4n) is 3.62. The number of amides is 1. The van der Waals surface area contributed by atoms with Crippen LogP contribution >= 0.6 is 0 Å². The fraction of sp³-hybridized carbons (Fsp3) is 0.800. The minimum Gasteiger partial charge on any atom is -0.368 e. The maximum atomic E-state index is 11.6. The van der Waals surface area contributed by atoms with Gasteiger partial charge in [-0.05, 0) is 37.4 Å². The molecule has 2 aliphatic rings. The highest BCUT2D eigenvalue weighted by Crippen LogP contribution is 2.26. The van der Waals surface area contributed by atoms with Gasteiger partial charge in [-0.15, -0.1) is 0 Å². The highest BCUT2D eigenvalue weighted by atomic mass is 16.5. The van der Waals surface area contributed by atoms with E-state index in [4.69, 9.17) is 10.3 Å². The molecule has 2 fully saturated rings. The van der Waals surface area contributed by atoms with Gasteiger partial charge >= 0.3 is 0 Å². The first-order chi connectivity index (χ1) is 11.0. The van der Waals surface area contributed by atoms with Crippen molar-refractivity contribution in [2.75, 3.05) is 38.6 Å². The molecule has 0 aromatic carbocycles. The van der Waals surface area contributed by atoms with Crippen molar-refractivity contribution in [3.05, 3.63) is 5.89 Å². The molecule has 8 nitrogen and oxygen atoms in total. The summed E-state index contributed by atoms with van der Waals surface area (Å²) in [6, 6.07) is 0.399. The number of piperidine rings is 1. The van der Waals surface area contributed by atoms with Crippen LogP contribution in [0.15, 0.2) is 4.52 Å². The van der Waals surface area contributed by atoms with E-state index in [2.05, 4.69) is 19.9 Å². The highest BCUT2D eigenvalue weighted by Gasteiger charge is 2.35. The Kier molecular flexibility index (Phi) is 4.82. The zero-order valence-corrected chi connectivity index (χ0v) is 13.9. The van der Waals surface area contributed by atoms with Crippen molar-refractivity contribution in [3.63, 3.8) is 0 Å². The lowest BCUT2D eigenvalue weighted by Gasteiger charge is -2.38. The van der Waals surface area contributed by atoms with Gasteiger partial charge in [0.05, 0.1) is 12.6 Å². The molecule has 3 heterocycles. The number of nitrogens with zero attached hydrogens (tertiary/aromatic N) is 5. The monoisotopic (exact) mass is 322 g/mol. The van der Waals surface area contributed by atoms with Crippen LogP contribution in [0.4, 0.5) is 5.95 Å². The van der Waals surface area contributed by atoms with Crippen LogP contribution in [-0.4, -0.2) is 71.7 Å². The second-order valence-corrected chi connectivity index (χ2v) is 6.69. The van der Waals surface area contributed by atoms with E-state index in [1.54, 1.807) is 0 Å². The summed E-state index contributed by atoms with van der Waals surface area (Å²) in [6.07, 6.45) is 4.09. The molecular weight excluding hydrogens is 296 g/mol. The number of carbonyl (C=O) groups excluding carboxylic acids is 1. The maximum absolute atomic E-state index is 11.6. The van der Waals surface area contributed by atoms with Crippen LogP contribution in [0.1, 0.15) is 31.6 Å². The molecule has 0 saturated carbocycles. The Morgan fingerprint density at radius 3 is 2.65 bits per heavy atom. The Morgan fingerprint density at radius 1 is 1.30 bits per heavy atom. The van der Waals surface area contributed by atoms with Crippen molar-refractivity contribution in [2.24, 2.45) is 5.73 Å². The summed E-state index contributed by atoms with van der Waals surface area (Å²) in [5, 5.41) is 3.94. The number of hydrogen-bond acceptors (Lipinski definition) is 7. The lowest BCUT2D eigenvalue weighted by atomic mass is 10.0. The molecule has 1 unspecified atom stereocenters. The lowest BCUT2D eigenvalue weighted by Crippen LogP contribution is -2.50. The minimum atomic E-state index is -0.174. The van der Waals surface area contributed by atoms with Crippen LogP contribution < -0.4 is 10.6 Å². The fourth-order valence-corrected chi connectivity index (χ4v) is 3.62. The smallest absolute Gasteiger partial charge is 0.265 e. The van der Waals surface area contributed by atoms with Gasteiger partial charge in [0.15, 0.2) is 0 Å². The summed E-state index contributed by atoms with van der Waals surface area (Å²) >= 11 is 0. The Bertz CT molecular complexity index is 538. The summed E-state index contributed by atoms with van der Waals surface area (Å²) in [6.45, 7) is 3.64. The molecule has 1 amide bonds. The third-order valence-corrected chi connectivity index (χ3v) is 4.86. The predicted octanol–water partition coefficient (Wildman–Crippen LogP) is 0.0497. The standard InChI is InChI=1S/C15H26N6O2/c1-19(2)15-17-13(23-18-15)10-20-8-5-11(6-9-20)21-7-3-4-12(21)14(16)22/h11-12H,3-10H2,1-2H3,(H2,16,22). The summed E-state index contributed by atoms with van der Waals surface area (Å²) in [7, 11) is 3.79. The van der Waals surface area contributed by atoms with Gasteiger partial charge in [-0.25, -0.2) is 0 Å². The summed E-state index contributed by atoms with van der Waals surface area (Å²) in [5.74, 6) is 1.09. The first kappa shape index (κ1) is 16.2. The summed E-state index contributed by atoms with van der Waals surface area (Å²) in [4.78, 5) is 22.4. The molecule has 2 aliphatic heterocycles. The number of anilines is 1. The van der Waals surface area contributed by atoms with E-state index in [0.717, 1.165) is 45.3 Å². The molecule has 23 heavy (non-hydrogen) atoms. The quantitative estimate of drug-likeness (QED) is 0.819. The molecule has 128 valence electrons. The number of primary amides is 1. The van der Waals surface area contributed by atoms with E-state index < -0.39 is 0 Å². The third kappa shape index (κ3) is 3.64. The number of nitrogens with two attached hydrogens (primary N) is 1. The van der Waals surface area contributed by atoms with Crippen LogP contribution in [0.5, 0.6) is 0 Å². The molecule has 1 aromatic rings. The van der Waals surface area contributed by atoms with Gasteiger partial charge < -0.3 is 15.2 Å². The van der Waals surface area contributed by atoms with Crippen molar-refractivity contribution in [1.29, 1.82) is 0 Å². The van der Waals surface area contributed by atoms with Crippen molar-refractivity contribution >= 4 is 11.9 Å². The molecule has 1 atom stereocenters. The van der Waals surface area contributed by atoms with Crippen molar-refractivity contribution < 1.29 is 9.32 Å². The first-order valence-electron chi connectivity index (χ1n) is 8.32.